The lowest BCUT2D eigenvalue weighted by atomic mass is 9.84. The normalized spacial score (nSPS) is 16.7. The number of rotatable bonds is 4. The van der Waals surface area contributed by atoms with E-state index in [1.165, 1.54) is 6.07 Å². The monoisotopic (exact) mass is 303 g/mol. The van der Waals surface area contributed by atoms with E-state index in [2.05, 4.69) is 4.98 Å². The molecule has 0 spiro atoms. The average Bonchev–Trinajstić information content (AvgIpc) is 2.45. The van der Waals surface area contributed by atoms with Crippen molar-refractivity contribution in [1.29, 1.82) is 0 Å². The maximum atomic E-state index is 12.3. The van der Waals surface area contributed by atoms with Crippen molar-refractivity contribution in [2.45, 2.75) is 44.2 Å². The standard InChI is InChI=1S/C14H16F3NO3/c15-14(16,17)8-21-12-11(9-4-2-1-3-5-9)6-10(7-18-12)13(19)20/h6-7,9H,1-5,8H2,(H,19,20). The predicted octanol–water partition coefficient (Wildman–Crippen LogP) is 3.77. The Labute approximate surface area is 119 Å². The summed E-state index contributed by atoms with van der Waals surface area (Å²) in [6.07, 6.45) is 1.24. The second kappa shape index (κ2) is 6.32. The highest BCUT2D eigenvalue weighted by molar-refractivity contribution is 5.87. The van der Waals surface area contributed by atoms with Crippen molar-refractivity contribution < 1.29 is 27.8 Å². The largest absolute Gasteiger partial charge is 0.478 e. The summed E-state index contributed by atoms with van der Waals surface area (Å²) in [5.74, 6) is -1.25. The van der Waals surface area contributed by atoms with Gasteiger partial charge in [-0.2, -0.15) is 13.2 Å². The van der Waals surface area contributed by atoms with Crippen molar-refractivity contribution in [3.63, 3.8) is 0 Å². The molecule has 0 bridgehead atoms. The summed E-state index contributed by atoms with van der Waals surface area (Å²) in [6.45, 7) is -1.42. The van der Waals surface area contributed by atoms with Crippen LogP contribution < -0.4 is 4.74 Å². The number of nitrogens with zero attached hydrogens (tertiary/aromatic N) is 1. The summed E-state index contributed by atoms with van der Waals surface area (Å²) in [6, 6.07) is 1.39. The van der Waals surface area contributed by atoms with Crippen LogP contribution in [0.5, 0.6) is 5.88 Å². The number of aromatic carboxylic acids is 1. The smallest absolute Gasteiger partial charge is 0.422 e. The molecule has 0 aromatic carbocycles. The Hall–Kier alpha value is -1.79. The fourth-order valence-electron chi connectivity index (χ4n) is 2.56. The highest BCUT2D eigenvalue weighted by Crippen LogP contribution is 2.37. The van der Waals surface area contributed by atoms with Gasteiger partial charge in [-0.3, -0.25) is 0 Å². The van der Waals surface area contributed by atoms with E-state index >= 15 is 0 Å². The van der Waals surface area contributed by atoms with Crippen LogP contribution in [0.3, 0.4) is 0 Å². The fourth-order valence-corrected chi connectivity index (χ4v) is 2.56. The third-order valence-electron chi connectivity index (χ3n) is 3.54. The van der Waals surface area contributed by atoms with Crippen LogP contribution in [0.1, 0.15) is 53.9 Å². The summed E-state index contributed by atoms with van der Waals surface area (Å²) in [5, 5.41) is 9.00. The zero-order valence-corrected chi connectivity index (χ0v) is 11.3. The average molecular weight is 303 g/mol. The fraction of sp³-hybridized carbons (Fsp3) is 0.571. The van der Waals surface area contributed by atoms with Crippen molar-refractivity contribution >= 4 is 5.97 Å². The van der Waals surface area contributed by atoms with Gasteiger partial charge in [0.2, 0.25) is 5.88 Å². The first-order valence-corrected chi connectivity index (χ1v) is 6.79. The Morgan fingerprint density at radius 3 is 2.57 bits per heavy atom. The third kappa shape index (κ3) is 4.34. The minimum atomic E-state index is -4.45. The lowest BCUT2D eigenvalue weighted by molar-refractivity contribution is -0.154. The van der Waals surface area contributed by atoms with Gasteiger partial charge in [-0.1, -0.05) is 19.3 Å². The predicted molar refractivity (Wildman–Crippen MR) is 68.6 cm³/mol. The van der Waals surface area contributed by atoms with Crippen molar-refractivity contribution in [3.05, 3.63) is 23.4 Å². The van der Waals surface area contributed by atoms with Gasteiger partial charge < -0.3 is 9.84 Å². The maximum absolute atomic E-state index is 12.3. The Bertz CT molecular complexity index is 511. The molecule has 4 nitrogen and oxygen atoms in total. The lowest BCUT2D eigenvalue weighted by Crippen LogP contribution is -2.21. The molecule has 1 aromatic heterocycles. The van der Waals surface area contributed by atoms with Gasteiger partial charge in [0, 0.05) is 11.8 Å². The Balaban J connectivity index is 2.27. The summed E-state index contributed by atoms with van der Waals surface area (Å²) < 4.78 is 41.6. The Morgan fingerprint density at radius 1 is 1.33 bits per heavy atom. The number of carboxylic acids is 1. The maximum Gasteiger partial charge on any atom is 0.422 e. The first kappa shape index (κ1) is 15.6. The molecular formula is C14H16F3NO3. The van der Waals surface area contributed by atoms with Crippen LogP contribution in [0, 0.1) is 0 Å². The number of alkyl halides is 3. The minimum absolute atomic E-state index is 0.00813. The quantitative estimate of drug-likeness (QED) is 0.920. The highest BCUT2D eigenvalue weighted by atomic mass is 19.4. The van der Waals surface area contributed by atoms with Gasteiger partial charge in [-0.05, 0) is 24.8 Å². The first-order chi connectivity index (χ1) is 9.87. The number of carboxylic acid groups (broad SMARTS) is 1. The molecule has 0 atom stereocenters. The van der Waals surface area contributed by atoms with E-state index in [0.717, 1.165) is 38.3 Å². The van der Waals surface area contributed by atoms with E-state index in [1.54, 1.807) is 0 Å². The van der Waals surface area contributed by atoms with E-state index in [0.29, 0.717) is 5.56 Å². The molecule has 2 rings (SSSR count). The zero-order valence-electron chi connectivity index (χ0n) is 11.3. The van der Waals surface area contributed by atoms with Crippen LogP contribution in [0.4, 0.5) is 13.2 Å². The molecule has 0 aliphatic heterocycles. The molecule has 116 valence electrons. The Morgan fingerprint density at radius 2 is 2.00 bits per heavy atom. The number of hydrogen-bond acceptors (Lipinski definition) is 3. The van der Waals surface area contributed by atoms with Crippen LogP contribution in [0.2, 0.25) is 0 Å². The van der Waals surface area contributed by atoms with Crippen LogP contribution >= 0.6 is 0 Å². The SMILES string of the molecule is O=C(O)c1cnc(OCC(F)(F)F)c(C2CCCCC2)c1. The molecule has 21 heavy (non-hydrogen) atoms. The van der Waals surface area contributed by atoms with E-state index in [-0.39, 0.29) is 17.4 Å². The second-order valence-corrected chi connectivity index (χ2v) is 5.16. The summed E-state index contributed by atoms with van der Waals surface area (Å²) >= 11 is 0. The van der Waals surface area contributed by atoms with E-state index in [1.807, 2.05) is 0 Å². The molecule has 1 aromatic rings. The van der Waals surface area contributed by atoms with E-state index in [4.69, 9.17) is 9.84 Å². The summed E-state index contributed by atoms with van der Waals surface area (Å²) in [5.41, 5.74) is 0.439. The molecule has 0 saturated heterocycles. The first-order valence-electron chi connectivity index (χ1n) is 6.79. The summed E-state index contributed by atoms with van der Waals surface area (Å²) in [7, 11) is 0. The number of halogens is 3. The molecular weight excluding hydrogens is 287 g/mol. The molecule has 1 N–H and O–H groups in total. The van der Waals surface area contributed by atoms with Crippen LogP contribution in [0.15, 0.2) is 12.3 Å². The summed E-state index contributed by atoms with van der Waals surface area (Å²) in [4.78, 5) is 14.8. The van der Waals surface area contributed by atoms with Gasteiger partial charge >= 0.3 is 12.1 Å². The molecule has 1 aliphatic carbocycles. The van der Waals surface area contributed by atoms with Crippen LogP contribution in [-0.4, -0.2) is 28.8 Å². The molecule has 1 saturated carbocycles. The molecule has 1 aliphatic rings. The van der Waals surface area contributed by atoms with Gasteiger partial charge in [0.1, 0.15) is 0 Å². The van der Waals surface area contributed by atoms with E-state index in [9.17, 15) is 18.0 Å². The Kier molecular flexibility index (Phi) is 4.69. The molecule has 1 fully saturated rings. The van der Waals surface area contributed by atoms with Gasteiger partial charge in [-0.15, -0.1) is 0 Å². The van der Waals surface area contributed by atoms with Crippen LogP contribution in [-0.2, 0) is 0 Å². The van der Waals surface area contributed by atoms with E-state index < -0.39 is 18.8 Å². The number of hydrogen-bond donors (Lipinski definition) is 1. The topological polar surface area (TPSA) is 59.4 Å². The second-order valence-electron chi connectivity index (χ2n) is 5.16. The minimum Gasteiger partial charge on any atom is -0.478 e. The molecule has 0 radical (unpaired) electrons. The molecule has 0 unspecified atom stereocenters. The van der Waals surface area contributed by atoms with Gasteiger partial charge in [-0.25, -0.2) is 9.78 Å². The third-order valence-corrected chi connectivity index (χ3v) is 3.54. The van der Waals surface area contributed by atoms with Crippen LogP contribution in [0.25, 0.3) is 0 Å². The van der Waals surface area contributed by atoms with Gasteiger partial charge in [0.05, 0.1) is 5.56 Å². The molecule has 7 heteroatoms. The zero-order chi connectivity index (χ0) is 15.5. The van der Waals surface area contributed by atoms with Crippen molar-refractivity contribution in [3.8, 4) is 5.88 Å². The van der Waals surface area contributed by atoms with Gasteiger partial charge in [0.15, 0.2) is 6.61 Å². The molecule has 0 amide bonds. The number of carbonyl (C=O) groups is 1. The number of ether oxygens (including phenoxy) is 1. The van der Waals surface area contributed by atoms with Crippen molar-refractivity contribution in [2.24, 2.45) is 0 Å². The number of pyridine rings is 1. The molecule has 1 heterocycles. The van der Waals surface area contributed by atoms with Crippen molar-refractivity contribution in [1.82, 2.24) is 4.98 Å². The van der Waals surface area contributed by atoms with Gasteiger partial charge in [0.25, 0.3) is 0 Å². The van der Waals surface area contributed by atoms with Crippen molar-refractivity contribution in [2.75, 3.05) is 6.61 Å². The number of aromatic nitrogens is 1. The highest BCUT2D eigenvalue weighted by Gasteiger charge is 2.30. The lowest BCUT2D eigenvalue weighted by Gasteiger charge is -2.24.